The SMILES string of the molecule is CC(C)(C)OC(=O)COc1ccc(-c2cc(=O)n3[nH]cc(C#N)c3n2)cc1. The summed E-state index contributed by atoms with van der Waals surface area (Å²) in [6.07, 6.45) is 1.43. The number of benzene rings is 1. The summed E-state index contributed by atoms with van der Waals surface area (Å²) in [5, 5.41) is 11.8. The van der Waals surface area contributed by atoms with Gasteiger partial charge in [0.25, 0.3) is 5.56 Å². The number of nitriles is 1. The zero-order valence-corrected chi connectivity index (χ0v) is 15.1. The molecule has 0 aliphatic rings. The van der Waals surface area contributed by atoms with E-state index in [1.165, 1.54) is 16.8 Å². The van der Waals surface area contributed by atoms with Crippen LogP contribution in [0.1, 0.15) is 26.3 Å². The van der Waals surface area contributed by atoms with Crippen molar-refractivity contribution < 1.29 is 14.3 Å². The zero-order chi connectivity index (χ0) is 19.6. The van der Waals surface area contributed by atoms with E-state index in [1.54, 1.807) is 45.0 Å². The summed E-state index contributed by atoms with van der Waals surface area (Å²) < 4.78 is 11.8. The Kier molecular flexibility index (Phi) is 4.69. The Hall–Kier alpha value is -3.60. The molecule has 0 aliphatic heterocycles. The molecule has 3 rings (SSSR count). The third-order valence-corrected chi connectivity index (χ3v) is 3.54. The van der Waals surface area contributed by atoms with Gasteiger partial charge in [-0.05, 0) is 45.0 Å². The molecule has 0 radical (unpaired) electrons. The molecule has 0 saturated heterocycles. The van der Waals surface area contributed by atoms with E-state index in [4.69, 9.17) is 14.7 Å². The quantitative estimate of drug-likeness (QED) is 0.710. The first-order chi connectivity index (χ1) is 12.8. The first-order valence-corrected chi connectivity index (χ1v) is 8.23. The fourth-order valence-corrected chi connectivity index (χ4v) is 2.45. The van der Waals surface area contributed by atoms with Crippen LogP contribution in [0.3, 0.4) is 0 Å². The maximum Gasteiger partial charge on any atom is 0.344 e. The van der Waals surface area contributed by atoms with Gasteiger partial charge in [-0.1, -0.05) is 0 Å². The fourth-order valence-electron chi connectivity index (χ4n) is 2.45. The number of rotatable bonds is 4. The molecule has 0 spiro atoms. The molecule has 2 heterocycles. The lowest BCUT2D eigenvalue weighted by Crippen LogP contribution is -2.27. The highest BCUT2D eigenvalue weighted by molar-refractivity contribution is 5.71. The lowest BCUT2D eigenvalue weighted by molar-refractivity contribution is -0.157. The van der Waals surface area contributed by atoms with Crippen LogP contribution in [0.4, 0.5) is 0 Å². The topological polar surface area (TPSA) is 109 Å². The van der Waals surface area contributed by atoms with Crippen LogP contribution < -0.4 is 10.3 Å². The molecule has 138 valence electrons. The lowest BCUT2D eigenvalue weighted by Gasteiger charge is -2.19. The Morgan fingerprint density at radius 2 is 2.00 bits per heavy atom. The van der Waals surface area contributed by atoms with Gasteiger partial charge in [-0.25, -0.2) is 14.3 Å². The van der Waals surface area contributed by atoms with Gasteiger partial charge in [-0.15, -0.1) is 0 Å². The number of fused-ring (bicyclic) bond motifs is 1. The van der Waals surface area contributed by atoms with Crippen LogP contribution in [0, 0.1) is 11.3 Å². The molecular weight excluding hydrogens is 348 g/mol. The molecule has 27 heavy (non-hydrogen) atoms. The highest BCUT2D eigenvalue weighted by Crippen LogP contribution is 2.21. The van der Waals surface area contributed by atoms with Crippen LogP contribution in [0.5, 0.6) is 5.75 Å². The number of nitrogens with one attached hydrogen (secondary N) is 1. The van der Waals surface area contributed by atoms with E-state index in [2.05, 4.69) is 10.1 Å². The molecule has 0 aliphatic carbocycles. The van der Waals surface area contributed by atoms with Gasteiger partial charge in [0.1, 0.15) is 23.0 Å². The second-order valence-corrected chi connectivity index (χ2v) is 6.84. The molecule has 2 aromatic heterocycles. The first-order valence-electron chi connectivity index (χ1n) is 8.23. The average Bonchev–Trinajstić information content (AvgIpc) is 3.02. The number of aromatic amines is 1. The number of nitrogens with zero attached hydrogens (tertiary/aromatic N) is 3. The summed E-state index contributed by atoms with van der Waals surface area (Å²) in [6.45, 7) is 5.16. The van der Waals surface area contributed by atoms with Gasteiger partial charge < -0.3 is 9.47 Å². The molecule has 0 atom stereocenters. The molecule has 1 aromatic carbocycles. The molecule has 1 N–H and O–H groups in total. The van der Waals surface area contributed by atoms with Crippen molar-refractivity contribution >= 4 is 11.6 Å². The number of aromatic nitrogens is 3. The molecule has 0 fully saturated rings. The normalized spacial score (nSPS) is 11.2. The van der Waals surface area contributed by atoms with Gasteiger partial charge in [-0.2, -0.15) is 5.26 Å². The highest BCUT2D eigenvalue weighted by atomic mass is 16.6. The largest absolute Gasteiger partial charge is 0.482 e. The van der Waals surface area contributed by atoms with Gasteiger partial charge in [-0.3, -0.25) is 9.89 Å². The van der Waals surface area contributed by atoms with Gasteiger partial charge >= 0.3 is 5.97 Å². The van der Waals surface area contributed by atoms with E-state index < -0.39 is 11.6 Å². The maximum atomic E-state index is 12.2. The van der Waals surface area contributed by atoms with E-state index in [0.29, 0.717) is 17.0 Å². The lowest BCUT2D eigenvalue weighted by atomic mass is 10.1. The Labute approximate surface area is 155 Å². The summed E-state index contributed by atoms with van der Waals surface area (Å²) in [7, 11) is 0. The number of hydrogen-bond donors (Lipinski definition) is 1. The van der Waals surface area contributed by atoms with Crippen LogP contribution in [0.15, 0.2) is 41.3 Å². The van der Waals surface area contributed by atoms with Crippen molar-refractivity contribution in [2.75, 3.05) is 6.61 Å². The van der Waals surface area contributed by atoms with Crippen molar-refractivity contribution in [3.05, 3.63) is 52.4 Å². The van der Waals surface area contributed by atoms with Gasteiger partial charge in [0, 0.05) is 17.8 Å². The van der Waals surface area contributed by atoms with Crippen molar-refractivity contribution in [3.8, 4) is 23.1 Å². The number of carbonyl (C=O) groups excluding carboxylic acids is 1. The maximum absolute atomic E-state index is 12.2. The summed E-state index contributed by atoms with van der Waals surface area (Å²) in [6, 6.07) is 10.2. The second-order valence-electron chi connectivity index (χ2n) is 6.84. The zero-order valence-electron chi connectivity index (χ0n) is 15.1. The minimum atomic E-state index is -0.566. The predicted octanol–water partition coefficient (Wildman–Crippen LogP) is 2.28. The second kappa shape index (κ2) is 6.96. The van der Waals surface area contributed by atoms with Gasteiger partial charge in [0.15, 0.2) is 12.3 Å². The van der Waals surface area contributed by atoms with E-state index >= 15 is 0 Å². The smallest absolute Gasteiger partial charge is 0.344 e. The van der Waals surface area contributed by atoms with Crippen molar-refractivity contribution in [2.24, 2.45) is 0 Å². The van der Waals surface area contributed by atoms with E-state index in [1.807, 2.05) is 6.07 Å². The number of esters is 1. The van der Waals surface area contributed by atoms with E-state index in [-0.39, 0.29) is 23.4 Å². The Morgan fingerprint density at radius 3 is 2.63 bits per heavy atom. The molecule has 8 nitrogen and oxygen atoms in total. The van der Waals surface area contributed by atoms with Crippen molar-refractivity contribution in [1.29, 1.82) is 5.26 Å². The van der Waals surface area contributed by atoms with Crippen molar-refractivity contribution in [1.82, 2.24) is 14.6 Å². The van der Waals surface area contributed by atoms with E-state index in [0.717, 1.165) is 0 Å². The molecule has 8 heteroatoms. The molecule has 0 saturated carbocycles. The molecule has 3 aromatic rings. The monoisotopic (exact) mass is 366 g/mol. The number of H-pyrrole nitrogens is 1. The average molecular weight is 366 g/mol. The van der Waals surface area contributed by atoms with Gasteiger partial charge in [0.2, 0.25) is 0 Å². The molecule has 0 bridgehead atoms. The Balaban J connectivity index is 1.78. The third kappa shape index (κ3) is 4.15. The van der Waals surface area contributed by atoms with Crippen molar-refractivity contribution in [2.45, 2.75) is 26.4 Å². The Bertz CT molecular complexity index is 1080. The predicted molar refractivity (Wildman–Crippen MR) is 97.3 cm³/mol. The standard InChI is InChI=1S/C19H18N4O4/c1-19(2,3)27-17(25)11-26-14-6-4-12(5-7-14)15-8-16(24)23-18(22-15)13(9-20)10-21-23/h4-8,10,21H,11H2,1-3H3. The Morgan fingerprint density at radius 1 is 1.30 bits per heavy atom. The third-order valence-electron chi connectivity index (χ3n) is 3.54. The van der Waals surface area contributed by atoms with Crippen LogP contribution in [-0.4, -0.2) is 32.8 Å². The number of hydrogen-bond acceptors (Lipinski definition) is 6. The number of carbonyl (C=O) groups is 1. The number of ether oxygens (including phenoxy) is 2. The summed E-state index contributed by atoms with van der Waals surface area (Å²) in [4.78, 5) is 28.2. The van der Waals surface area contributed by atoms with Gasteiger partial charge in [0.05, 0.1) is 5.69 Å². The summed E-state index contributed by atoms with van der Waals surface area (Å²) in [5.41, 5.74) is 0.792. The molecule has 0 unspecified atom stereocenters. The summed E-state index contributed by atoms with van der Waals surface area (Å²) in [5.74, 6) is 0.0324. The van der Waals surface area contributed by atoms with Crippen LogP contribution >= 0.6 is 0 Å². The van der Waals surface area contributed by atoms with Crippen LogP contribution in [0.2, 0.25) is 0 Å². The fraction of sp³-hybridized carbons (Fsp3) is 0.263. The van der Waals surface area contributed by atoms with Crippen LogP contribution in [-0.2, 0) is 9.53 Å². The van der Waals surface area contributed by atoms with Crippen molar-refractivity contribution in [3.63, 3.8) is 0 Å². The molecule has 0 amide bonds. The first kappa shape index (κ1) is 18.2. The molecular formula is C19H18N4O4. The summed E-state index contributed by atoms with van der Waals surface area (Å²) >= 11 is 0. The van der Waals surface area contributed by atoms with E-state index in [9.17, 15) is 9.59 Å². The van der Waals surface area contributed by atoms with Crippen LogP contribution in [0.25, 0.3) is 16.9 Å². The minimum Gasteiger partial charge on any atom is -0.482 e. The highest BCUT2D eigenvalue weighted by Gasteiger charge is 2.16. The minimum absolute atomic E-state index is 0.197.